The molecule has 1 aliphatic carbocycles. The minimum absolute atomic E-state index is 0.140. The third-order valence-corrected chi connectivity index (χ3v) is 5.24. The number of ketones is 1. The van der Waals surface area contributed by atoms with E-state index in [0.717, 1.165) is 19.3 Å². The molecule has 2 aromatic carbocycles. The third kappa shape index (κ3) is 2.28. The van der Waals surface area contributed by atoms with E-state index in [1.807, 2.05) is 12.1 Å². The van der Waals surface area contributed by atoms with Crippen LogP contribution in [0.25, 0.3) is 0 Å². The summed E-state index contributed by atoms with van der Waals surface area (Å²) in [5.74, 6) is 0.745. The van der Waals surface area contributed by atoms with Gasteiger partial charge in [0, 0.05) is 23.9 Å². The molecule has 2 aromatic rings. The molecular weight excluding hydrogens is 270 g/mol. The SMILES string of the molecule is O=C1[C@H]2CCC[C@H]1[C@@H](c1ccccc1)N[C@@H]2c1ccccc1. The summed E-state index contributed by atoms with van der Waals surface area (Å²) in [7, 11) is 0. The van der Waals surface area contributed by atoms with E-state index < -0.39 is 0 Å². The second kappa shape index (κ2) is 5.69. The van der Waals surface area contributed by atoms with E-state index in [1.54, 1.807) is 0 Å². The van der Waals surface area contributed by atoms with Crippen molar-refractivity contribution in [3.63, 3.8) is 0 Å². The molecule has 2 bridgehead atoms. The zero-order chi connectivity index (χ0) is 14.9. The number of carbonyl (C=O) groups excluding carboxylic acids is 1. The summed E-state index contributed by atoms with van der Waals surface area (Å²) in [6.07, 6.45) is 3.20. The molecule has 0 amide bonds. The largest absolute Gasteiger partial charge is 0.302 e. The van der Waals surface area contributed by atoms with Crippen LogP contribution in [0.1, 0.15) is 42.5 Å². The van der Waals surface area contributed by atoms with Gasteiger partial charge in [0.15, 0.2) is 0 Å². The average Bonchev–Trinajstić information content (AvgIpc) is 2.57. The van der Waals surface area contributed by atoms with Gasteiger partial charge < -0.3 is 5.32 Å². The molecule has 112 valence electrons. The van der Waals surface area contributed by atoms with E-state index in [9.17, 15) is 4.79 Å². The van der Waals surface area contributed by atoms with Crippen LogP contribution in [0.4, 0.5) is 0 Å². The maximum atomic E-state index is 12.9. The molecule has 2 aliphatic rings. The molecule has 1 saturated carbocycles. The van der Waals surface area contributed by atoms with Gasteiger partial charge in [-0.25, -0.2) is 0 Å². The summed E-state index contributed by atoms with van der Waals surface area (Å²) in [5, 5.41) is 3.80. The maximum Gasteiger partial charge on any atom is 0.142 e. The molecule has 22 heavy (non-hydrogen) atoms. The number of carbonyl (C=O) groups is 1. The van der Waals surface area contributed by atoms with E-state index in [-0.39, 0.29) is 23.9 Å². The molecule has 0 radical (unpaired) electrons. The lowest BCUT2D eigenvalue weighted by Gasteiger charge is -2.45. The Morgan fingerprint density at radius 3 is 1.64 bits per heavy atom. The highest BCUT2D eigenvalue weighted by atomic mass is 16.1. The highest BCUT2D eigenvalue weighted by Gasteiger charge is 2.46. The van der Waals surface area contributed by atoms with Crippen LogP contribution in [0.15, 0.2) is 60.7 Å². The van der Waals surface area contributed by atoms with Crippen molar-refractivity contribution in [1.29, 1.82) is 0 Å². The highest BCUT2D eigenvalue weighted by molar-refractivity contribution is 5.86. The molecule has 4 atom stereocenters. The normalized spacial score (nSPS) is 31.0. The van der Waals surface area contributed by atoms with Crippen LogP contribution < -0.4 is 5.32 Å². The van der Waals surface area contributed by atoms with E-state index in [1.165, 1.54) is 11.1 Å². The lowest BCUT2D eigenvalue weighted by Crippen LogP contribution is -2.50. The van der Waals surface area contributed by atoms with Crippen LogP contribution in [0.3, 0.4) is 0 Å². The van der Waals surface area contributed by atoms with E-state index in [2.05, 4.69) is 53.8 Å². The van der Waals surface area contributed by atoms with Crippen molar-refractivity contribution < 1.29 is 4.79 Å². The predicted octanol–water partition coefficient (Wildman–Crippen LogP) is 4.06. The summed E-state index contributed by atoms with van der Waals surface area (Å²) in [6, 6.07) is 21.2. The summed E-state index contributed by atoms with van der Waals surface area (Å²) in [6.45, 7) is 0. The average molecular weight is 291 g/mol. The van der Waals surface area contributed by atoms with Gasteiger partial charge in [-0.2, -0.15) is 0 Å². The molecule has 0 unspecified atom stereocenters. The highest BCUT2D eigenvalue weighted by Crippen LogP contribution is 2.45. The second-order valence-corrected chi connectivity index (χ2v) is 6.49. The van der Waals surface area contributed by atoms with Crippen molar-refractivity contribution in [1.82, 2.24) is 5.32 Å². The number of Topliss-reactive ketones (excluding diaryl/α,β-unsaturated/α-hetero) is 1. The molecule has 1 aliphatic heterocycles. The van der Waals surface area contributed by atoms with Gasteiger partial charge in [0.05, 0.1) is 0 Å². The zero-order valence-corrected chi connectivity index (χ0v) is 12.6. The first-order chi connectivity index (χ1) is 10.8. The quantitative estimate of drug-likeness (QED) is 0.904. The molecule has 1 N–H and O–H groups in total. The van der Waals surface area contributed by atoms with Crippen molar-refractivity contribution in [2.24, 2.45) is 11.8 Å². The van der Waals surface area contributed by atoms with Crippen molar-refractivity contribution in [3.8, 4) is 0 Å². The fourth-order valence-corrected chi connectivity index (χ4v) is 4.18. The van der Waals surface area contributed by atoms with Crippen molar-refractivity contribution in [3.05, 3.63) is 71.8 Å². The Bertz CT molecular complexity index is 596. The Morgan fingerprint density at radius 2 is 1.18 bits per heavy atom. The van der Waals surface area contributed by atoms with Gasteiger partial charge in [-0.15, -0.1) is 0 Å². The third-order valence-electron chi connectivity index (χ3n) is 5.24. The Hall–Kier alpha value is -1.93. The molecule has 4 rings (SSSR count). The first kappa shape index (κ1) is 13.7. The number of hydrogen-bond donors (Lipinski definition) is 1. The number of benzene rings is 2. The fourth-order valence-electron chi connectivity index (χ4n) is 4.18. The van der Waals surface area contributed by atoms with Gasteiger partial charge in [0.25, 0.3) is 0 Å². The number of hydrogen-bond acceptors (Lipinski definition) is 2. The Morgan fingerprint density at radius 1 is 0.727 bits per heavy atom. The molecule has 0 aromatic heterocycles. The second-order valence-electron chi connectivity index (χ2n) is 6.49. The van der Waals surface area contributed by atoms with Crippen molar-refractivity contribution in [2.45, 2.75) is 31.3 Å². The van der Waals surface area contributed by atoms with Crippen LogP contribution in [-0.4, -0.2) is 5.78 Å². The smallest absolute Gasteiger partial charge is 0.142 e. The molecule has 2 nitrogen and oxygen atoms in total. The number of fused-ring (bicyclic) bond motifs is 2. The van der Waals surface area contributed by atoms with Gasteiger partial charge in [0.2, 0.25) is 0 Å². The Balaban J connectivity index is 1.73. The van der Waals surface area contributed by atoms with Gasteiger partial charge in [-0.05, 0) is 24.0 Å². The van der Waals surface area contributed by atoms with E-state index in [4.69, 9.17) is 0 Å². The molecule has 0 spiro atoms. The van der Waals surface area contributed by atoms with Crippen LogP contribution in [0.2, 0.25) is 0 Å². The van der Waals surface area contributed by atoms with Gasteiger partial charge in [0.1, 0.15) is 5.78 Å². The summed E-state index contributed by atoms with van der Waals surface area (Å²) < 4.78 is 0. The van der Waals surface area contributed by atoms with Crippen molar-refractivity contribution >= 4 is 5.78 Å². The van der Waals surface area contributed by atoms with Gasteiger partial charge >= 0.3 is 0 Å². The predicted molar refractivity (Wildman–Crippen MR) is 87.3 cm³/mol. The van der Waals surface area contributed by atoms with Crippen LogP contribution in [0.5, 0.6) is 0 Å². The first-order valence-electron chi connectivity index (χ1n) is 8.24. The Kier molecular flexibility index (Phi) is 3.55. The topological polar surface area (TPSA) is 29.1 Å². The van der Waals surface area contributed by atoms with Gasteiger partial charge in [-0.1, -0.05) is 67.1 Å². The summed E-state index contributed by atoms with van der Waals surface area (Å²) >= 11 is 0. The number of piperidine rings is 1. The number of nitrogens with one attached hydrogen (secondary N) is 1. The minimum Gasteiger partial charge on any atom is -0.302 e. The lowest BCUT2D eigenvalue weighted by molar-refractivity contribution is -0.135. The molecule has 1 saturated heterocycles. The molecule has 1 heterocycles. The number of rotatable bonds is 2. The fraction of sp³-hybridized carbons (Fsp3) is 0.350. The maximum absolute atomic E-state index is 12.9. The first-order valence-corrected chi connectivity index (χ1v) is 8.24. The standard InChI is InChI=1S/C20H21NO/c22-20-16-12-7-13-17(20)19(15-10-5-2-6-11-15)21-18(16)14-8-3-1-4-9-14/h1-6,8-11,16-19,21H,7,12-13H2/t16-,17-,18+,19+/m0/s1. The Labute approximate surface area is 131 Å². The summed E-state index contributed by atoms with van der Waals surface area (Å²) in [4.78, 5) is 12.9. The van der Waals surface area contributed by atoms with Gasteiger partial charge in [-0.3, -0.25) is 4.79 Å². The summed E-state index contributed by atoms with van der Waals surface area (Å²) in [5.41, 5.74) is 2.48. The van der Waals surface area contributed by atoms with Crippen LogP contribution in [0, 0.1) is 11.8 Å². The van der Waals surface area contributed by atoms with E-state index >= 15 is 0 Å². The monoisotopic (exact) mass is 291 g/mol. The molecule has 2 fully saturated rings. The van der Waals surface area contributed by atoms with Crippen molar-refractivity contribution in [2.75, 3.05) is 0 Å². The minimum atomic E-state index is 0.140. The van der Waals surface area contributed by atoms with Crippen LogP contribution in [-0.2, 0) is 4.79 Å². The van der Waals surface area contributed by atoms with Crippen LogP contribution >= 0.6 is 0 Å². The molecule has 2 heteroatoms. The molecular formula is C20H21NO. The van der Waals surface area contributed by atoms with E-state index in [0.29, 0.717) is 5.78 Å². The zero-order valence-electron chi connectivity index (χ0n) is 12.6. The lowest BCUT2D eigenvalue weighted by atomic mass is 9.67.